The summed E-state index contributed by atoms with van der Waals surface area (Å²) in [5.41, 5.74) is 7.11. The Bertz CT molecular complexity index is 1270. The van der Waals surface area contributed by atoms with Gasteiger partial charge in [-0.2, -0.15) is 13.2 Å². The van der Waals surface area contributed by atoms with Gasteiger partial charge < -0.3 is 10.8 Å². The van der Waals surface area contributed by atoms with Crippen molar-refractivity contribution in [2.24, 2.45) is 5.73 Å². The Morgan fingerprint density at radius 2 is 1.94 bits per heavy atom. The average molecular weight is 428 g/mol. The van der Waals surface area contributed by atoms with Crippen molar-refractivity contribution >= 4 is 16.6 Å². The van der Waals surface area contributed by atoms with Gasteiger partial charge in [0.25, 0.3) is 0 Å². The van der Waals surface area contributed by atoms with Crippen molar-refractivity contribution in [2.75, 3.05) is 13.1 Å². The summed E-state index contributed by atoms with van der Waals surface area (Å²) < 4.78 is 43.5. The SMILES string of the molecule is N[C@H]1CCN([C@H](c2ccc3nnc(-c4ccc5cccc(O)c5n4)n3c2)C(F)(F)F)C1. The number of aromatic hydroxyl groups is 1. The molecule has 1 aliphatic heterocycles. The van der Waals surface area contributed by atoms with Crippen LogP contribution in [-0.2, 0) is 0 Å². The molecule has 2 atom stereocenters. The second kappa shape index (κ2) is 7.17. The van der Waals surface area contributed by atoms with Crippen molar-refractivity contribution in [3.05, 3.63) is 54.2 Å². The van der Waals surface area contributed by atoms with Gasteiger partial charge in [-0.25, -0.2) is 4.98 Å². The van der Waals surface area contributed by atoms with Gasteiger partial charge in [0, 0.05) is 30.7 Å². The van der Waals surface area contributed by atoms with Gasteiger partial charge in [0.15, 0.2) is 11.5 Å². The number of pyridine rings is 2. The van der Waals surface area contributed by atoms with E-state index in [1.807, 2.05) is 0 Å². The fourth-order valence-corrected chi connectivity index (χ4v) is 4.16. The largest absolute Gasteiger partial charge is 0.506 e. The molecule has 0 spiro atoms. The summed E-state index contributed by atoms with van der Waals surface area (Å²) in [4.78, 5) is 5.82. The Morgan fingerprint density at radius 3 is 2.68 bits per heavy atom. The zero-order chi connectivity index (χ0) is 21.8. The second-order valence-electron chi connectivity index (χ2n) is 7.75. The molecule has 1 saturated heterocycles. The molecule has 0 amide bonds. The van der Waals surface area contributed by atoms with Gasteiger partial charge in [0.1, 0.15) is 23.0 Å². The number of rotatable bonds is 3. The minimum atomic E-state index is -4.46. The number of nitrogens with two attached hydrogens (primary N) is 1. The van der Waals surface area contributed by atoms with Crippen LogP contribution in [0.25, 0.3) is 28.1 Å². The lowest BCUT2D eigenvalue weighted by molar-refractivity contribution is -0.183. The molecule has 10 heteroatoms. The summed E-state index contributed by atoms with van der Waals surface area (Å²) in [6, 6.07) is 9.41. The first kappa shape index (κ1) is 19.7. The molecule has 1 aromatic carbocycles. The van der Waals surface area contributed by atoms with Crippen LogP contribution in [0.2, 0.25) is 0 Å². The third kappa shape index (κ3) is 3.47. The number of nitrogens with zero attached hydrogens (tertiary/aromatic N) is 5. The zero-order valence-corrected chi connectivity index (χ0v) is 16.3. The van der Waals surface area contributed by atoms with Crippen LogP contribution in [-0.4, -0.2) is 54.9 Å². The van der Waals surface area contributed by atoms with Crippen molar-refractivity contribution in [1.82, 2.24) is 24.5 Å². The van der Waals surface area contributed by atoms with E-state index in [0.29, 0.717) is 29.1 Å². The van der Waals surface area contributed by atoms with E-state index < -0.39 is 12.2 Å². The summed E-state index contributed by atoms with van der Waals surface area (Å²) in [5.74, 6) is 0.303. The minimum Gasteiger partial charge on any atom is -0.506 e. The molecule has 1 fully saturated rings. The molecule has 0 saturated carbocycles. The predicted octanol–water partition coefficient (Wildman–Crippen LogP) is 3.29. The van der Waals surface area contributed by atoms with Crippen molar-refractivity contribution < 1.29 is 18.3 Å². The van der Waals surface area contributed by atoms with Crippen LogP contribution < -0.4 is 5.73 Å². The van der Waals surface area contributed by atoms with E-state index in [0.717, 1.165) is 5.39 Å². The van der Waals surface area contributed by atoms with E-state index in [1.165, 1.54) is 33.7 Å². The number of halogens is 3. The number of benzene rings is 1. The van der Waals surface area contributed by atoms with E-state index in [-0.39, 0.29) is 30.4 Å². The van der Waals surface area contributed by atoms with Crippen LogP contribution in [0.4, 0.5) is 13.2 Å². The number of phenolic OH excluding ortho intramolecular Hbond substituents is 1. The van der Waals surface area contributed by atoms with Gasteiger partial charge in [-0.1, -0.05) is 24.3 Å². The number of alkyl halides is 3. The van der Waals surface area contributed by atoms with Crippen molar-refractivity contribution in [2.45, 2.75) is 24.7 Å². The van der Waals surface area contributed by atoms with E-state index >= 15 is 0 Å². The molecule has 160 valence electrons. The smallest absolute Gasteiger partial charge is 0.408 e. The molecule has 3 aromatic heterocycles. The molecule has 0 radical (unpaired) electrons. The molecule has 0 bridgehead atoms. The van der Waals surface area contributed by atoms with Crippen LogP contribution in [0.5, 0.6) is 5.75 Å². The highest BCUT2D eigenvalue weighted by Gasteiger charge is 2.46. The van der Waals surface area contributed by atoms with E-state index in [2.05, 4.69) is 15.2 Å². The molecule has 0 aliphatic carbocycles. The fraction of sp³-hybridized carbons (Fsp3) is 0.286. The Balaban J connectivity index is 1.62. The number of para-hydroxylation sites is 1. The maximum atomic E-state index is 14.0. The van der Waals surface area contributed by atoms with Crippen LogP contribution in [0.1, 0.15) is 18.0 Å². The summed E-state index contributed by atoms with van der Waals surface area (Å²) >= 11 is 0. The van der Waals surface area contributed by atoms with Crippen LogP contribution in [0.15, 0.2) is 48.7 Å². The highest BCUT2D eigenvalue weighted by molar-refractivity contribution is 5.86. The quantitative estimate of drug-likeness (QED) is 0.520. The lowest BCUT2D eigenvalue weighted by Crippen LogP contribution is -2.38. The first-order valence-corrected chi connectivity index (χ1v) is 9.81. The third-order valence-corrected chi connectivity index (χ3v) is 5.60. The van der Waals surface area contributed by atoms with Gasteiger partial charge in [-0.3, -0.25) is 9.30 Å². The average Bonchev–Trinajstić information content (AvgIpc) is 3.33. The fourth-order valence-electron chi connectivity index (χ4n) is 4.16. The molecule has 31 heavy (non-hydrogen) atoms. The standard InChI is InChI=1S/C21H19F3N6O/c22-21(23,24)19(29-9-8-14(25)11-29)13-5-7-17-27-28-20(30(17)10-13)15-6-4-12-2-1-3-16(31)18(12)26-15/h1-7,10,14,19,31H,8-9,11,25H2/t14-,19+/m0/s1. The summed E-state index contributed by atoms with van der Waals surface area (Å²) in [6.45, 7) is 0.465. The summed E-state index contributed by atoms with van der Waals surface area (Å²) in [5, 5.41) is 19.0. The Hall–Kier alpha value is -3.24. The number of likely N-dealkylation sites (tertiary alicyclic amines) is 1. The maximum absolute atomic E-state index is 14.0. The van der Waals surface area contributed by atoms with Gasteiger partial charge >= 0.3 is 6.18 Å². The molecule has 3 N–H and O–H groups in total. The molecule has 4 aromatic rings. The number of phenols is 1. The van der Waals surface area contributed by atoms with Crippen molar-refractivity contribution in [1.29, 1.82) is 0 Å². The Labute approximate surface area is 174 Å². The normalized spacial score (nSPS) is 18.8. The lowest BCUT2D eigenvalue weighted by atomic mass is 10.1. The number of aromatic nitrogens is 4. The summed E-state index contributed by atoms with van der Waals surface area (Å²) in [7, 11) is 0. The van der Waals surface area contributed by atoms with Crippen LogP contribution in [0, 0.1) is 0 Å². The van der Waals surface area contributed by atoms with Crippen molar-refractivity contribution in [3.8, 4) is 17.3 Å². The monoisotopic (exact) mass is 428 g/mol. The van der Waals surface area contributed by atoms with Crippen LogP contribution >= 0.6 is 0 Å². The molecule has 7 nitrogen and oxygen atoms in total. The number of fused-ring (bicyclic) bond motifs is 2. The topological polar surface area (TPSA) is 92.6 Å². The van der Waals surface area contributed by atoms with E-state index in [9.17, 15) is 18.3 Å². The second-order valence-corrected chi connectivity index (χ2v) is 7.75. The summed E-state index contributed by atoms with van der Waals surface area (Å²) in [6.07, 6.45) is -2.53. The lowest BCUT2D eigenvalue weighted by Gasteiger charge is -2.30. The van der Waals surface area contributed by atoms with Crippen LogP contribution in [0.3, 0.4) is 0 Å². The highest BCUT2D eigenvalue weighted by Crippen LogP contribution is 2.39. The number of hydrogen-bond acceptors (Lipinski definition) is 6. The van der Waals surface area contributed by atoms with Crippen molar-refractivity contribution in [3.63, 3.8) is 0 Å². The Kier molecular flexibility index (Phi) is 4.56. The molecule has 1 aliphatic rings. The Morgan fingerprint density at radius 1 is 1.10 bits per heavy atom. The molecule has 4 heterocycles. The van der Waals surface area contributed by atoms with Gasteiger partial charge in [-0.15, -0.1) is 10.2 Å². The molecule has 5 rings (SSSR count). The maximum Gasteiger partial charge on any atom is 0.408 e. The predicted molar refractivity (Wildman–Crippen MR) is 108 cm³/mol. The van der Waals surface area contributed by atoms with Gasteiger partial charge in [0.2, 0.25) is 0 Å². The highest BCUT2D eigenvalue weighted by atomic mass is 19.4. The first-order valence-electron chi connectivity index (χ1n) is 9.81. The van der Waals surface area contributed by atoms with Gasteiger partial charge in [0.05, 0.1) is 0 Å². The number of hydrogen-bond donors (Lipinski definition) is 2. The molecule has 0 unspecified atom stereocenters. The zero-order valence-electron chi connectivity index (χ0n) is 16.3. The van der Waals surface area contributed by atoms with E-state index in [4.69, 9.17) is 5.73 Å². The minimum absolute atomic E-state index is 0.0105. The first-order chi connectivity index (χ1) is 14.8. The van der Waals surface area contributed by atoms with Gasteiger partial charge in [-0.05, 0) is 30.2 Å². The third-order valence-electron chi connectivity index (χ3n) is 5.60. The molecular weight excluding hydrogens is 409 g/mol. The van der Waals surface area contributed by atoms with E-state index in [1.54, 1.807) is 24.3 Å². The molecular formula is C21H19F3N6O.